The van der Waals surface area contributed by atoms with E-state index in [1.807, 2.05) is 12.1 Å². The standard InChI is InChI=1S/C17H27NO3/c1-17(2)8-6-7-16(17)18-11-12-9-14(20-4)15(21-5)10-13(12)19-3/h9-10,16,18H,6-8,11H2,1-5H3. The number of rotatable bonds is 6. The van der Waals surface area contributed by atoms with E-state index < -0.39 is 0 Å². The van der Waals surface area contributed by atoms with Gasteiger partial charge >= 0.3 is 0 Å². The van der Waals surface area contributed by atoms with Crippen LogP contribution in [0.4, 0.5) is 0 Å². The van der Waals surface area contributed by atoms with Gasteiger partial charge in [-0.2, -0.15) is 0 Å². The van der Waals surface area contributed by atoms with Crippen LogP contribution in [0.3, 0.4) is 0 Å². The zero-order valence-corrected chi connectivity index (χ0v) is 13.8. The summed E-state index contributed by atoms with van der Waals surface area (Å²) in [5.74, 6) is 2.26. The molecule has 1 aliphatic rings. The van der Waals surface area contributed by atoms with Crippen molar-refractivity contribution in [3.05, 3.63) is 17.7 Å². The van der Waals surface area contributed by atoms with Gasteiger partial charge in [-0.15, -0.1) is 0 Å². The fraction of sp³-hybridized carbons (Fsp3) is 0.647. The van der Waals surface area contributed by atoms with E-state index in [1.165, 1.54) is 19.3 Å². The van der Waals surface area contributed by atoms with Crippen molar-refractivity contribution < 1.29 is 14.2 Å². The van der Waals surface area contributed by atoms with Gasteiger partial charge < -0.3 is 19.5 Å². The summed E-state index contributed by atoms with van der Waals surface area (Å²) in [5.41, 5.74) is 1.46. The average Bonchev–Trinajstić information content (AvgIpc) is 2.82. The maximum absolute atomic E-state index is 5.48. The van der Waals surface area contributed by atoms with Crippen LogP contribution in [-0.2, 0) is 6.54 Å². The highest BCUT2D eigenvalue weighted by atomic mass is 16.5. The molecule has 21 heavy (non-hydrogen) atoms. The number of hydrogen-bond donors (Lipinski definition) is 1. The molecule has 0 radical (unpaired) electrons. The van der Waals surface area contributed by atoms with Crippen molar-refractivity contribution in [3.63, 3.8) is 0 Å². The van der Waals surface area contributed by atoms with Crippen LogP contribution in [0.2, 0.25) is 0 Å². The van der Waals surface area contributed by atoms with Gasteiger partial charge in [0.25, 0.3) is 0 Å². The maximum atomic E-state index is 5.48. The fourth-order valence-corrected chi connectivity index (χ4v) is 3.17. The SMILES string of the molecule is COc1cc(OC)c(OC)cc1CNC1CCCC1(C)C. The molecule has 0 heterocycles. The van der Waals surface area contributed by atoms with E-state index >= 15 is 0 Å². The van der Waals surface area contributed by atoms with E-state index in [2.05, 4.69) is 19.2 Å². The van der Waals surface area contributed by atoms with Gasteiger partial charge in [0.05, 0.1) is 21.3 Å². The molecule has 1 fully saturated rings. The molecule has 118 valence electrons. The average molecular weight is 293 g/mol. The Kier molecular flexibility index (Phi) is 4.99. The van der Waals surface area contributed by atoms with Crippen LogP contribution in [-0.4, -0.2) is 27.4 Å². The third kappa shape index (κ3) is 3.43. The summed E-state index contributed by atoms with van der Waals surface area (Å²) in [7, 11) is 4.97. The Labute approximate surface area is 127 Å². The Morgan fingerprint density at radius 3 is 2.19 bits per heavy atom. The molecule has 0 saturated heterocycles. The van der Waals surface area contributed by atoms with Crippen LogP contribution in [0.1, 0.15) is 38.7 Å². The Morgan fingerprint density at radius 1 is 1.05 bits per heavy atom. The monoisotopic (exact) mass is 293 g/mol. The second-order valence-corrected chi connectivity index (χ2v) is 6.33. The molecule has 4 heteroatoms. The summed E-state index contributed by atoms with van der Waals surface area (Å²) in [5, 5.41) is 3.68. The summed E-state index contributed by atoms with van der Waals surface area (Å²) < 4.78 is 16.2. The molecule has 1 atom stereocenters. The maximum Gasteiger partial charge on any atom is 0.164 e. The molecule has 0 spiro atoms. The van der Waals surface area contributed by atoms with Crippen molar-refractivity contribution in [2.75, 3.05) is 21.3 Å². The fourth-order valence-electron chi connectivity index (χ4n) is 3.17. The van der Waals surface area contributed by atoms with E-state index in [1.54, 1.807) is 21.3 Å². The van der Waals surface area contributed by atoms with Crippen LogP contribution in [0.25, 0.3) is 0 Å². The molecule has 0 bridgehead atoms. The van der Waals surface area contributed by atoms with E-state index in [4.69, 9.17) is 14.2 Å². The largest absolute Gasteiger partial charge is 0.496 e. The lowest BCUT2D eigenvalue weighted by atomic mass is 9.87. The first-order chi connectivity index (χ1) is 10.0. The number of ether oxygens (including phenoxy) is 3. The number of hydrogen-bond acceptors (Lipinski definition) is 4. The number of benzene rings is 1. The molecule has 1 aliphatic carbocycles. The van der Waals surface area contributed by atoms with Crippen LogP contribution < -0.4 is 19.5 Å². The van der Waals surface area contributed by atoms with E-state index in [9.17, 15) is 0 Å². The zero-order valence-electron chi connectivity index (χ0n) is 13.8. The molecule has 1 aromatic carbocycles. The van der Waals surface area contributed by atoms with Crippen LogP contribution in [0.5, 0.6) is 17.2 Å². The number of methoxy groups -OCH3 is 3. The highest BCUT2D eigenvalue weighted by molar-refractivity contribution is 5.50. The summed E-state index contributed by atoms with van der Waals surface area (Å²) in [6.07, 6.45) is 3.82. The minimum atomic E-state index is 0.365. The predicted octanol–water partition coefficient (Wildman–Crippen LogP) is 3.38. The van der Waals surface area contributed by atoms with Crippen molar-refractivity contribution in [2.45, 2.75) is 45.7 Å². The van der Waals surface area contributed by atoms with Gasteiger partial charge in [-0.05, 0) is 24.3 Å². The summed E-state index contributed by atoms with van der Waals surface area (Å²) >= 11 is 0. The quantitative estimate of drug-likeness (QED) is 0.873. The van der Waals surface area contributed by atoms with Crippen LogP contribution in [0, 0.1) is 5.41 Å². The normalized spacial score (nSPS) is 20.3. The van der Waals surface area contributed by atoms with Gasteiger partial charge in [-0.3, -0.25) is 0 Å². The second-order valence-electron chi connectivity index (χ2n) is 6.33. The lowest BCUT2D eigenvalue weighted by Gasteiger charge is -2.28. The lowest BCUT2D eigenvalue weighted by Crippen LogP contribution is -2.37. The van der Waals surface area contributed by atoms with Gasteiger partial charge in [0.1, 0.15) is 5.75 Å². The zero-order chi connectivity index (χ0) is 15.5. The lowest BCUT2D eigenvalue weighted by molar-refractivity contribution is 0.280. The van der Waals surface area contributed by atoms with Gasteiger partial charge in [0, 0.05) is 24.2 Å². The van der Waals surface area contributed by atoms with E-state index in [-0.39, 0.29) is 0 Å². The van der Waals surface area contributed by atoms with Gasteiger partial charge in [-0.1, -0.05) is 20.3 Å². The van der Waals surface area contributed by atoms with E-state index in [0.29, 0.717) is 17.2 Å². The smallest absolute Gasteiger partial charge is 0.164 e. The molecule has 1 N–H and O–H groups in total. The molecule has 1 aromatic rings. The van der Waals surface area contributed by atoms with Gasteiger partial charge in [-0.25, -0.2) is 0 Å². The third-order valence-electron chi connectivity index (χ3n) is 4.58. The first-order valence-corrected chi connectivity index (χ1v) is 7.54. The summed E-state index contributed by atoms with van der Waals surface area (Å²) in [6, 6.07) is 4.43. The molecule has 2 rings (SSSR count). The summed E-state index contributed by atoms with van der Waals surface area (Å²) in [4.78, 5) is 0. The van der Waals surface area contributed by atoms with Crippen molar-refractivity contribution >= 4 is 0 Å². The van der Waals surface area contributed by atoms with Crippen molar-refractivity contribution in [1.29, 1.82) is 0 Å². The highest BCUT2D eigenvalue weighted by Crippen LogP contribution is 2.38. The minimum Gasteiger partial charge on any atom is -0.496 e. The second kappa shape index (κ2) is 6.56. The molecular formula is C17H27NO3. The van der Waals surface area contributed by atoms with Crippen molar-refractivity contribution in [2.24, 2.45) is 5.41 Å². The Balaban J connectivity index is 2.15. The highest BCUT2D eigenvalue weighted by Gasteiger charge is 2.34. The molecular weight excluding hydrogens is 266 g/mol. The van der Waals surface area contributed by atoms with E-state index in [0.717, 1.165) is 23.6 Å². The van der Waals surface area contributed by atoms with Gasteiger partial charge in [0.15, 0.2) is 11.5 Å². The van der Waals surface area contributed by atoms with Gasteiger partial charge in [0.2, 0.25) is 0 Å². The first kappa shape index (κ1) is 16.0. The Morgan fingerprint density at radius 2 is 1.67 bits per heavy atom. The molecule has 0 aromatic heterocycles. The third-order valence-corrected chi connectivity index (χ3v) is 4.58. The van der Waals surface area contributed by atoms with Crippen molar-refractivity contribution in [1.82, 2.24) is 5.32 Å². The summed E-state index contributed by atoms with van der Waals surface area (Å²) in [6.45, 7) is 5.45. The molecule has 0 amide bonds. The number of nitrogens with one attached hydrogen (secondary N) is 1. The molecule has 1 saturated carbocycles. The molecule has 4 nitrogen and oxygen atoms in total. The van der Waals surface area contributed by atoms with Crippen molar-refractivity contribution in [3.8, 4) is 17.2 Å². The van der Waals surface area contributed by atoms with Crippen LogP contribution in [0.15, 0.2) is 12.1 Å². The molecule has 0 aliphatic heterocycles. The first-order valence-electron chi connectivity index (χ1n) is 7.54. The predicted molar refractivity (Wildman–Crippen MR) is 84.4 cm³/mol. The Hall–Kier alpha value is -1.42. The minimum absolute atomic E-state index is 0.365. The molecule has 1 unspecified atom stereocenters. The Bertz CT molecular complexity index is 485. The van der Waals surface area contributed by atoms with Crippen LogP contribution >= 0.6 is 0 Å². The topological polar surface area (TPSA) is 39.7 Å².